The van der Waals surface area contributed by atoms with Crippen molar-refractivity contribution in [3.63, 3.8) is 0 Å². The van der Waals surface area contributed by atoms with Gasteiger partial charge in [-0.1, -0.05) is 30.3 Å². The molecule has 0 fully saturated rings. The molecule has 2 aromatic heterocycles. The number of Topliss-reactive ketones (excluding diaryl/α,β-unsaturated/α-hetero) is 1. The first-order valence-corrected chi connectivity index (χ1v) is 11.4. The van der Waals surface area contributed by atoms with Crippen LogP contribution in [0.2, 0.25) is 0 Å². The minimum absolute atomic E-state index is 0.153. The fourth-order valence-corrected chi connectivity index (χ4v) is 4.17. The second kappa shape index (κ2) is 11.5. The molecule has 0 N–H and O–H groups in total. The maximum absolute atomic E-state index is 12.9. The highest BCUT2D eigenvalue weighted by Crippen LogP contribution is 2.20. The molecular formula is C28H31N3O4. The van der Waals surface area contributed by atoms with Crippen LogP contribution in [0, 0.1) is 39.0 Å². The van der Waals surface area contributed by atoms with E-state index in [4.69, 9.17) is 9.47 Å². The Bertz CT molecular complexity index is 1290. The van der Waals surface area contributed by atoms with Gasteiger partial charge in [0.15, 0.2) is 6.61 Å². The molecule has 7 nitrogen and oxygen atoms in total. The van der Waals surface area contributed by atoms with Crippen LogP contribution in [-0.4, -0.2) is 41.2 Å². The zero-order valence-electron chi connectivity index (χ0n) is 20.9. The van der Waals surface area contributed by atoms with Gasteiger partial charge >= 0.3 is 5.97 Å². The number of carbonyl (C=O) groups excluding carboxylic acids is 2. The lowest BCUT2D eigenvalue weighted by Crippen LogP contribution is -2.16. The molecule has 7 heteroatoms. The molecule has 0 atom stereocenters. The van der Waals surface area contributed by atoms with Crippen molar-refractivity contribution in [2.45, 2.75) is 40.8 Å². The number of nitrogens with zero attached hydrogens (tertiary/aromatic N) is 3. The van der Waals surface area contributed by atoms with Gasteiger partial charge in [-0.25, -0.2) is 4.79 Å². The van der Waals surface area contributed by atoms with Crippen LogP contribution in [0.3, 0.4) is 0 Å². The Morgan fingerprint density at radius 1 is 1.00 bits per heavy atom. The Hall–Kier alpha value is -3.89. The molecule has 0 amide bonds. The summed E-state index contributed by atoms with van der Waals surface area (Å²) in [6.45, 7) is 9.15. The molecule has 1 aromatic carbocycles. The summed E-state index contributed by atoms with van der Waals surface area (Å²) >= 11 is 0. The Morgan fingerprint density at radius 3 is 2.34 bits per heavy atom. The van der Waals surface area contributed by atoms with Crippen molar-refractivity contribution in [3.05, 3.63) is 87.5 Å². The van der Waals surface area contributed by atoms with Gasteiger partial charge in [-0.15, -0.1) is 0 Å². The van der Waals surface area contributed by atoms with Crippen molar-refractivity contribution in [2.24, 2.45) is 0 Å². The summed E-state index contributed by atoms with van der Waals surface area (Å²) in [5.41, 5.74) is 5.91. The molecule has 35 heavy (non-hydrogen) atoms. The quantitative estimate of drug-likeness (QED) is 0.187. The summed E-state index contributed by atoms with van der Waals surface area (Å²) in [5.74, 6) is -1.12. The molecule has 0 saturated carbocycles. The molecule has 0 unspecified atom stereocenters. The maximum atomic E-state index is 12.9. The van der Waals surface area contributed by atoms with E-state index in [1.165, 1.54) is 6.08 Å². The summed E-state index contributed by atoms with van der Waals surface area (Å²) < 4.78 is 14.5. The number of esters is 1. The van der Waals surface area contributed by atoms with Crippen LogP contribution < -0.4 is 0 Å². The largest absolute Gasteiger partial charge is 0.453 e. The number of aromatic nitrogens is 2. The minimum Gasteiger partial charge on any atom is -0.453 e. The van der Waals surface area contributed by atoms with Gasteiger partial charge in [0.1, 0.15) is 11.6 Å². The highest BCUT2D eigenvalue weighted by molar-refractivity contribution is 6.02. The van der Waals surface area contributed by atoms with Gasteiger partial charge in [-0.3, -0.25) is 4.79 Å². The van der Waals surface area contributed by atoms with Gasteiger partial charge in [0.05, 0.1) is 6.61 Å². The first-order chi connectivity index (χ1) is 16.8. The van der Waals surface area contributed by atoms with Crippen LogP contribution in [0.15, 0.2) is 48.0 Å². The molecule has 0 spiro atoms. The van der Waals surface area contributed by atoms with E-state index in [-0.39, 0.29) is 11.4 Å². The molecule has 0 saturated heterocycles. The SMILES string of the molecule is COCCn1c(C)cc(/C=C(\C#N)C(=O)OCC(=O)c2cc(C)n(Cc3ccccc3)c2C)c1C. The number of hydrogen-bond donors (Lipinski definition) is 0. The average Bonchev–Trinajstić information content (AvgIpc) is 3.28. The maximum Gasteiger partial charge on any atom is 0.349 e. The third-order valence-electron chi connectivity index (χ3n) is 6.16. The highest BCUT2D eigenvalue weighted by Gasteiger charge is 2.20. The van der Waals surface area contributed by atoms with E-state index < -0.39 is 12.6 Å². The van der Waals surface area contributed by atoms with Crippen molar-refractivity contribution in [1.29, 1.82) is 5.26 Å². The monoisotopic (exact) mass is 473 g/mol. The lowest BCUT2D eigenvalue weighted by Gasteiger charge is -2.10. The Morgan fingerprint density at radius 2 is 1.69 bits per heavy atom. The number of rotatable bonds is 10. The Balaban J connectivity index is 1.70. The van der Waals surface area contributed by atoms with Gasteiger partial charge in [-0.2, -0.15) is 5.26 Å². The van der Waals surface area contributed by atoms with Crippen LogP contribution in [0.25, 0.3) is 6.08 Å². The molecule has 2 heterocycles. The third-order valence-corrected chi connectivity index (χ3v) is 6.16. The topological polar surface area (TPSA) is 86.2 Å². The first-order valence-electron chi connectivity index (χ1n) is 11.4. The third kappa shape index (κ3) is 5.97. The normalized spacial score (nSPS) is 11.4. The average molecular weight is 474 g/mol. The standard InChI is InChI=1S/C28H31N3O4/c1-19-13-24(21(3)30(19)11-12-34-5)15-25(16-29)28(33)35-18-27(32)26-14-20(2)31(22(26)4)17-23-9-7-6-8-10-23/h6-10,13-15H,11-12,17-18H2,1-5H3/b25-15+. The van der Waals surface area contributed by atoms with Crippen LogP contribution >= 0.6 is 0 Å². The van der Waals surface area contributed by atoms with Gasteiger partial charge in [-0.05, 0) is 57.0 Å². The minimum atomic E-state index is -0.819. The molecule has 0 aliphatic rings. The summed E-state index contributed by atoms with van der Waals surface area (Å²) in [6, 6.07) is 15.6. The summed E-state index contributed by atoms with van der Waals surface area (Å²) in [6.07, 6.45) is 1.50. The smallest absolute Gasteiger partial charge is 0.349 e. The highest BCUT2D eigenvalue weighted by atomic mass is 16.5. The first kappa shape index (κ1) is 25.7. The van der Waals surface area contributed by atoms with Crippen LogP contribution in [0.5, 0.6) is 0 Å². The summed E-state index contributed by atoms with van der Waals surface area (Å²) in [4.78, 5) is 25.4. The van der Waals surface area contributed by atoms with E-state index in [2.05, 4.69) is 9.13 Å². The zero-order valence-corrected chi connectivity index (χ0v) is 20.9. The molecule has 0 bridgehead atoms. The fourth-order valence-electron chi connectivity index (χ4n) is 4.17. The van der Waals surface area contributed by atoms with E-state index in [0.29, 0.717) is 25.3 Å². The molecular weight excluding hydrogens is 442 g/mol. The molecule has 0 aliphatic heterocycles. The molecule has 0 radical (unpaired) electrons. The number of nitriles is 1. The van der Waals surface area contributed by atoms with Crippen LogP contribution in [0.4, 0.5) is 0 Å². The summed E-state index contributed by atoms with van der Waals surface area (Å²) in [5, 5.41) is 9.54. The second-order valence-electron chi connectivity index (χ2n) is 8.50. The lowest BCUT2D eigenvalue weighted by molar-refractivity contribution is -0.137. The van der Waals surface area contributed by atoms with E-state index in [0.717, 1.165) is 33.9 Å². The van der Waals surface area contributed by atoms with Gasteiger partial charge < -0.3 is 18.6 Å². The Labute approximate surface area is 206 Å². The predicted molar refractivity (Wildman–Crippen MR) is 134 cm³/mol. The number of benzene rings is 1. The van der Waals surface area contributed by atoms with Crippen molar-refractivity contribution in [1.82, 2.24) is 9.13 Å². The fraction of sp³-hybridized carbons (Fsp3) is 0.321. The van der Waals surface area contributed by atoms with Crippen LogP contribution in [0.1, 0.15) is 44.3 Å². The van der Waals surface area contributed by atoms with Crippen molar-refractivity contribution < 1.29 is 19.1 Å². The number of methoxy groups -OCH3 is 1. The molecule has 0 aliphatic carbocycles. The summed E-state index contributed by atoms with van der Waals surface area (Å²) in [7, 11) is 1.64. The number of hydrogen-bond acceptors (Lipinski definition) is 5. The van der Waals surface area contributed by atoms with Gasteiger partial charge in [0.2, 0.25) is 5.78 Å². The van der Waals surface area contributed by atoms with Crippen molar-refractivity contribution in [2.75, 3.05) is 20.3 Å². The predicted octanol–water partition coefficient (Wildman–Crippen LogP) is 4.55. The van der Waals surface area contributed by atoms with Gasteiger partial charge in [0.25, 0.3) is 0 Å². The number of aryl methyl sites for hydroxylation is 2. The number of ketones is 1. The number of ether oxygens (including phenoxy) is 2. The Kier molecular flexibility index (Phi) is 8.45. The van der Waals surface area contributed by atoms with E-state index >= 15 is 0 Å². The molecule has 3 rings (SSSR count). The molecule has 182 valence electrons. The van der Waals surface area contributed by atoms with E-state index in [1.54, 1.807) is 7.11 Å². The van der Waals surface area contributed by atoms with E-state index in [9.17, 15) is 14.9 Å². The van der Waals surface area contributed by atoms with Crippen molar-refractivity contribution >= 4 is 17.8 Å². The molecule has 3 aromatic rings. The number of carbonyl (C=O) groups is 2. The van der Waals surface area contributed by atoms with Crippen LogP contribution in [-0.2, 0) is 27.4 Å². The van der Waals surface area contributed by atoms with E-state index in [1.807, 2.05) is 76.2 Å². The van der Waals surface area contributed by atoms with Crippen molar-refractivity contribution in [3.8, 4) is 6.07 Å². The van der Waals surface area contributed by atoms with Gasteiger partial charge in [0, 0.05) is 48.5 Å². The second-order valence-corrected chi connectivity index (χ2v) is 8.50. The lowest BCUT2D eigenvalue weighted by atomic mass is 10.1. The zero-order chi connectivity index (χ0) is 25.5.